The van der Waals surface area contributed by atoms with E-state index < -0.39 is 22.7 Å². The van der Waals surface area contributed by atoms with Crippen LogP contribution < -0.4 is 0 Å². The smallest absolute Gasteiger partial charge is 0.306 e. The number of esters is 1. The highest BCUT2D eigenvalue weighted by Gasteiger charge is 2.44. The van der Waals surface area contributed by atoms with Gasteiger partial charge in [0.15, 0.2) is 6.61 Å². The highest BCUT2D eigenvalue weighted by atomic mass is 16.6. The molecule has 1 aromatic heterocycles. The van der Waals surface area contributed by atoms with Gasteiger partial charge in [0.2, 0.25) is 12.3 Å². The lowest BCUT2D eigenvalue weighted by atomic mass is 9.88. The second-order valence-corrected chi connectivity index (χ2v) is 8.11. The molecule has 3 atom stereocenters. The lowest BCUT2D eigenvalue weighted by Crippen LogP contribution is -2.28. The van der Waals surface area contributed by atoms with Crippen LogP contribution in [0, 0.1) is 41.7 Å². The molecule has 1 aromatic rings. The third kappa shape index (κ3) is 4.15. The second-order valence-electron chi connectivity index (χ2n) is 8.11. The molecule has 0 N–H and O–H groups in total. The number of ketones is 2. The fourth-order valence-corrected chi connectivity index (χ4v) is 4.42. The number of hydrogen-bond donors (Lipinski definition) is 0. The number of hydrogen-bond acceptors (Lipinski definition) is 6. The van der Waals surface area contributed by atoms with E-state index >= 15 is 0 Å². The van der Waals surface area contributed by atoms with Crippen LogP contribution >= 0.6 is 0 Å². The maximum Gasteiger partial charge on any atom is 0.306 e. The number of aromatic nitrogens is 1. The summed E-state index contributed by atoms with van der Waals surface area (Å²) in [7, 11) is 0. The fourth-order valence-electron chi connectivity index (χ4n) is 4.42. The van der Waals surface area contributed by atoms with E-state index in [2.05, 4.69) is 4.57 Å². The fraction of sp³-hybridized carbons (Fsp3) is 0.650. The van der Waals surface area contributed by atoms with Gasteiger partial charge in [0, 0.05) is 46.2 Å². The molecule has 2 aliphatic carbocycles. The maximum absolute atomic E-state index is 12.5. The first kappa shape index (κ1) is 20.2. The van der Waals surface area contributed by atoms with Gasteiger partial charge >= 0.3 is 5.97 Å². The molecule has 0 aromatic carbocycles. The lowest BCUT2D eigenvalue weighted by molar-refractivity contribution is -0.490. The summed E-state index contributed by atoms with van der Waals surface area (Å²) in [5.41, 5.74) is 2.45. The van der Waals surface area contributed by atoms with Crippen LogP contribution in [0.15, 0.2) is 6.07 Å². The molecule has 2 aliphatic rings. The van der Waals surface area contributed by atoms with E-state index in [1.807, 2.05) is 19.9 Å². The Hall–Kier alpha value is -2.51. The van der Waals surface area contributed by atoms with Crippen LogP contribution in [-0.4, -0.2) is 40.2 Å². The minimum absolute atomic E-state index is 0.134. The van der Waals surface area contributed by atoms with Crippen molar-refractivity contribution >= 4 is 17.5 Å². The van der Waals surface area contributed by atoms with Crippen LogP contribution in [0.3, 0.4) is 0 Å². The van der Waals surface area contributed by atoms with Crippen molar-refractivity contribution in [3.63, 3.8) is 0 Å². The summed E-state index contributed by atoms with van der Waals surface area (Å²) in [5, 5.41) is 10.9. The van der Waals surface area contributed by atoms with E-state index in [-0.39, 0.29) is 43.5 Å². The minimum Gasteiger partial charge on any atom is -0.457 e. The molecule has 152 valence electrons. The molecule has 0 unspecified atom stereocenters. The molecule has 2 saturated carbocycles. The summed E-state index contributed by atoms with van der Waals surface area (Å²) in [5.74, 6) is -2.39. The zero-order valence-corrected chi connectivity index (χ0v) is 16.5. The van der Waals surface area contributed by atoms with Crippen molar-refractivity contribution < 1.29 is 24.0 Å². The summed E-state index contributed by atoms with van der Waals surface area (Å²) in [6.45, 7) is 4.91. The minimum atomic E-state index is -0.706. The van der Waals surface area contributed by atoms with Crippen molar-refractivity contribution in [2.45, 2.75) is 52.5 Å². The Balaban J connectivity index is 1.58. The third-order valence-electron chi connectivity index (χ3n) is 5.99. The van der Waals surface area contributed by atoms with Gasteiger partial charge in [-0.05, 0) is 38.7 Å². The Labute approximate surface area is 163 Å². The number of Topliss-reactive ketones (excluding diaryl/α,β-unsaturated/α-hetero) is 2. The average Bonchev–Trinajstić information content (AvgIpc) is 3.35. The first-order valence-corrected chi connectivity index (χ1v) is 9.70. The molecule has 0 saturated heterocycles. The van der Waals surface area contributed by atoms with Gasteiger partial charge in [-0.3, -0.25) is 24.5 Å². The quantitative estimate of drug-likeness (QED) is 0.292. The summed E-state index contributed by atoms with van der Waals surface area (Å²) in [4.78, 5) is 47.2. The summed E-state index contributed by atoms with van der Waals surface area (Å²) in [6.07, 6.45) is 2.24. The topological polar surface area (TPSA) is 109 Å². The van der Waals surface area contributed by atoms with Crippen molar-refractivity contribution in [3.05, 3.63) is 33.1 Å². The highest BCUT2D eigenvalue weighted by Crippen LogP contribution is 2.38. The van der Waals surface area contributed by atoms with Gasteiger partial charge in [0.1, 0.15) is 5.78 Å². The number of carbonyl (C=O) groups excluding carboxylic acids is 3. The molecular weight excluding hydrogens is 364 g/mol. The third-order valence-corrected chi connectivity index (χ3v) is 5.99. The van der Waals surface area contributed by atoms with Crippen molar-refractivity contribution in [3.8, 4) is 0 Å². The Morgan fingerprint density at radius 3 is 2.61 bits per heavy atom. The predicted octanol–water partition coefficient (Wildman–Crippen LogP) is 2.67. The standard InChI is InChI=1S/C20H26N2O6/c1-11-6-18(23)16(17(11)9-21(26)27)8-20(25)28-10-19(24)15-7-12(2)22(13(15)3)14-4-5-14/h7,11,14,16-17H,4-6,8-10H2,1-3H3/t11-,16-,17-/m1/s1. The SMILES string of the molecule is Cc1cc(C(=O)COC(=O)C[C@H]2C(=O)C[C@@H](C)[C@H]2C[N+](=O)[O-])c(C)n1C1CC1. The molecule has 3 rings (SSSR count). The van der Waals surface area contributed by atoms with Crippen LogP contribution in [0.1, 0.15) is 60.4 Å². The Morgan fingerprint density at radius 2 is 2.00 bits per heavy atom. The number of carbonyl (C=O) groups is 3. The van der Waals surface area contributed by atoms with Gasteiger partial charge in [-0.25, -0.2) is 0 Å². The van der Waals surface area contributed by atoms with Crippen LogP contribution in [0.2, 0.25) is 0 Å². The van der Waals surface area contributed by atoms with Gasteiger partial charge < -0.3 is 9.30 Å². The van der Waals surface area contributed by atoms with Gasteiger partial charge in [0.05, 0.1) is 6.42 Å². The van der Waals surface area contributed by atoms with Crippen molar-refractivity contribution in [1.29, 1.82) is 0 Å². The summed E-state index contributed by atoms with van der Waals surface area (Å²) in [6, 6.07) is 2.28. The van der Waals surface area contributed by atoms with E-state index in [0.717, 1.165) is 24.2 Å². The average molecular weight is 390 g/mol. The first-order valence-electron chi connectivity index (χ1n) is 9.70. The lowest BCUT2D eigenvalue weighted by Gasteiger charge is -2.17. The Kier molecular flexibility index (Phi) is 5.67. The molecule has 2 fully saturated rings. The largest absolute Gasteiger partial charge is 0.457 e. The Bertz CT molecular complexity index is 823. The number of aryl methyl sites for hydroxylation is 1. The van der Waals surface area contributed by atoms with Crippen molar-refractivity contribution in [2.75, 3.05) is 13.2 Å². The first-order chi connectivity index (χ1) is 13.2. The van der Waals surface area contributed by atoms with Crippen molar-refractivity contribution in [2.24, 2.45) is 17.8 Å². The highest BCUT2D eigenvalue weighted by molar-refractivity contribution is 5.99. The van der Waals surface area contributed by atoms with E-state index in [1.165, 1.54) is 0 Å². The van der Waals surface area contributed by atoms with Crippen LogP contribution in [0.4, 0.5) is 0 Å². The normalized spacial score (nSPS) is 24.4. The molecule has 0 aliphatic heterocycles. The second kappa shape index (κ2) is 7.85. The van der Waals surface area contributed by atoms with E-state index in [1.54, 1.807) is 6.92 Å². The number of nitrogens with zero attached hydrogens (tertiary/aromatic N) is 2. The molecule has 8 heteroatoms. The molecule has 8 nitrogen and oxygen atoms in total. The summed E-state index contributed by atoms with van der Waals surface area (Å²) < 4.78 is 7.27. The number of nitro groups is 1. The molecule has 0 spiro atoms. The van der Waals surface area contributed by atoms with Gasteiger partial charge in [-0.2, -0.15) is 0 Å². The monoisotopic (exact) mass is 390 g/mol. The predicted molar refractivity (Wildman–Crippen MR) is 99.7 cm³/mol. The molecular formula is C20H26N2O6. The summed E-state index contributed by atoms with van der Waals surface area (Å²) >= 11 is 0. The van der Waals surface area contributed by atoms with E-state index in [9.17, 15) is 24.5 Å². The molecule has 0 amide bonds. The molecule has 0 radical (unpaired) electrons. The van der Waals surface area contributed by atoms with Gasteiger partial charge in [-0.15, -0.1) is 0 Å². The zero-order chi connectivity index (χ0) is 20.6. The zero-order valence-electron chi connectivity index (χ0n) is 16.5. The van der Waals surface area contributed by atoms with Crippen molar-refractivity contribution in [1.82, 2.24) is 4.57 Å². The Morgan fingerprint density at radius 1 is 1.32 bits per heavy atom. The molecule has 0 bridgehead atoms. The number of ether oxygens (including phenoxy) is 1. The molecule has 28 heavy (non-hydrogen) atoms. The van der Waals surface area contributed by atoms with E-state index in [0.29, 0.717) is 11.6 Å². The van der Waals surface area contributed by atoms with Crippen LogP contribution in [0.25, 0.3) is 0 Å². The van der Waals surface area contributed by atoms with Gasteiger partial charge in [0.25, 0.3) is 0 Å². The molecule has 1 heterocycles. The van der Waals surface area contributed by atoms with E-state index in [4.69, 9.17) is 4.74 Å². The maximum atomic E-state index is 12.5. The van der Waals surface area contributed by atoms with Crippen LogP contribution in [-0.2, 0) is 14.3 Å². The van der Waals surface area contributed by atoms with Gasteiger partial charge in [-0.1, -0.05) is 6.92 Å². The number of rotatable bonds is 8. The van der Waals surface area contributed by atoms with Crippen LogP contribution in [0.5, 0.6) is 0 Å².